The van der Waals surface area contributed by atoms with Crippen molar-refractivity contribution in [1.29, 1.82) is 0 Å². The van der Waals surface area contributed by atoms with Crippen LogP contribution < -0.4 is 5.90 Å². The molecule has 56 valence electrons. The van der Waals surface area contributed by atoms with Gasteiger partial charge < -0.3 is 10.3 Å². The van der Waals surface area contributed by atoms with Crippen molar-refractivity contribution in [3.05, 3.63) is 22.4 Å². The van der Waals surface area contributed by atoms with Gasteiger partial charge in [-0.1, -0.05) is 6.07 Å². The fraction of sp³-hybridized carbons (Fsp3) is 0. The summed E-state index contributed by atoms with van der Waals surface area (Å²) in [7, 11) is 0. The molecule has 1 heterocycles. The molecule has 0 aliphatic carbocycles. The highest BCUT2D eigenvalue weighted by Gasteiger charge is 1.99. The van der Waals surface area contributed by atoms with Crippen molar-refractivity contribution in [2.24, 2.45) is 5.90 Å². The molecule has 0 saturated heterocycles. The molecule has 0 aliphatic rings. The Hall–Kier alpha value is -0.910. The summed E-state index contributed by atoms with van der Waals surface area (Å²) >= 11 is 1.23. The highest BCUT2D eigenvalue weighted by molar-refractivity contribution is 7.11. The minimum Gasteiger partial charge on any atom is -0.477 e. The Morgan fingerprint density at radius 3 is 2.40 bits per heavy atom. The molecule has 0 bridgehead atoms. The Kier molecular flexibility index (Phi) is 4.47. The van der Waals surface area contributed by atoms with Crippen LogP contribution in [0.1, 0.15) is 9.67 Å². The van der Waals surface area contributed by atoms with E-state index in [1.165, 1.54) is 11.3 Å². The van der Waals surface area contributed by atoms with Crippen molar-refractivity contribution >= 4 is 17.3 Å². The van der Waals surface area contributed by atoms with Crippen LogP contribution in [0.5, 0.6) is 0 Å². The Balaban J connectivity index is 0.000000371. The molecule has 4 N–H and O–H groups in total. The summed E-state index contributed by atoms with van der Waals surface area (Å²) in [5, 5.41) is 16.5. The molecule has 0 radical (unpaired) electrons. The highest BCUT2D eigenvalue weighted by Crippen LogP contribution is 2.06. The molecule has 1 aromatic rings. The maximum Gasteiger partial charge on any atom is 0.345 e. The number of aromatic carboxylic acids is 1. The largest absolute Gasteiger partial charge is 0.477 e. The number of carboxylic acid groups (broad SMARTS) is 1. The average Bonchev–Trinajstić information content (AvgIpc) is 2.42. The average molecular weight is 161 g/mol. The van der Waals surface area contributed by atoms with Gasteiger partial charge in [0.15, 0.2) is 0 Å². The predicted molar refractivity (Wildman–Crippen MR) is 37.3 cm³/mol. The molecule has 4 nitrogen and oxygen atoms in total. The van der Waals surface area contributed by atoms with E-state index in [1.807, 2.05) is 0 Å². The van der Waals surface area contributed by atoms with Crippen LogP contribution in [0, 0.1) is 0 Å². The van der Waals surface area contributed by atoms with E-state index >= 15 is 0 Å². The third kappa shape index (κ3) is 2.58. The smallest absolute Gasteiger partial charge is 0.345 e. The number of carbonyl (C=O) groups is 1. The van der Waals surface area contributed by atoms with Crippen LogP contribution >= 0.6 is 11.3 Å². The zero-order chi connectivity index (χ0) is 7.98. The number of nitrogens with two attached hydrogens (primary N) is 1. The van der Waals surface area contributed by atoms with E-state index < -0.39 is 5.97 Å². The predicted octanol–water partition coefficient (Wildman–Crippen LogP) is 0.781. The van der Waals surface area contributed by atoms with Gasteiger partial charge in [-0.2, -0.15) is 0 Å². The topological polar surface area (TPSA) is 83.5 Å². The first-order valence-electron chi connectivity index (χ1n) is 2.33. The second-order valence-corrected chi connectivity index (χ2v) is 2.23. The molecule has 0 fully saturated rings. The lowest BCUT2D eigenvalue weighted by molar-refractivity contribution is 0.0702. The summed E-state index contributed by atoms with van der Waals surface area (Å²) in [5.41, 5.74) is 0. The number of rotatable bonds is 1. The normalized spacial score (nSPS) is 7.80. The van der Waals surface area contributed by atoms with Crippen molar-refractivity contribution in [2.45, 2.75) is 0 Å². The van der Waals surface area contributed by atoms with E-state index in [-0.39, 0.29) is 0 Å². The fourth-order valence-electron chi connectivity index (χ4n) is 0.400. The first-order valence-corrected chi connectivity index (χ1v) is 3.21. The number of thiophene rings is 1. The van der Waals surface area contributed by atoms with Crippen molar-refractivity contribution in [2.75, 3.05) is 0 Å². The molecule has 0 atom stereocenters. The minimum absolute atomic E-state index is 0.394. The van der Waals surface area contributed by atoms with Crippen LogP contribution in [0.25, 0.3) is 0 Å². The van der Waals surface area contributed by atoms with Crippen LogP contribution in [0.4, 0.5) is 0 Å². The van der Waals surface area contributed by atoms with Crippen LogP contribution in [0.2, 0.25) is 0 Å². The third-order valence-corrected chi connectivity index (χ3v) is 1.59. The quantitative estimate of drug-likeness (QED) is 0.531. The first-order chi connectivity index (χ1) is 4.80. The molecule has 0 aromatic carbocycles. The second-order valence-electron chi connectivity index (χ2n) is 1.28. The van der Waals surface area contributed by atoms with Crippen molar-refractivity contribution in [3.63, 3.8) is 0 Å². The van der Waals surface area contributed by atoms with E-state index in [4.69, 9.17) is 10.3 Å². The molecule has 5 heteroatoms. The SMILES string of the molecule is NO.O=C(O)c1cccs1. The lowest BCUT2D eigenvalue weighted by atomic mass is 10.5. The molecule has 0 spiro atoms. The van der Waals surface area contributed by atoms with E-state index in [1.54, 1.807) is 17.5 Å². The van der Waals surface area contributed by atoms with Gasteiger partial charge in [-0.05, 0) is 11.4 Å². The Labute approximate surface area is 61.5 Å². The molecule has 1 rings (SSSR count). The molecular formula is C5H7NO3S. The zero-order valence-corrected chi connectivity index (χ0v) is 5.84. The van der Waals surface area contributed by atoms with Crippen molar-refractivity contribution in [1.82, 2.24) is 0 Å². The van der Waals surface area contributed by atoms with Gasteiger partial charge in [0.25, 0.3) is 0 Å². The summed E-state index contributed by atoms with van der Waals surface area (Å²) in [6.45, 7) is 0. The molecule has 10 heavy (non-hydrogen) atoms. The number of carboxylic acids is 1. The monoisotopic (exact) mass is 161 g/mol. The molecule has 0 saturated carbocycles. The molecule has 0 amide bonds. The third-order valence-electron chi connectivity index (χ3n) is 0.732. The standard InChI is InChI=1S/C5H4O2S.H3NO/c6-5(7)4-2-1-3-8-4;1-2/h1-3H,(H,6,7);2H,1H2. The van der Waals surface area contributed by atoms with Gasteiger partial charge in [0.1, 0.15) is 4.88 Å². The van der Waals surface area contributed by atoms with Crippen LogP contribution in [0.3, 0.4) is 0 Å². The first kappa shape index (κ1) is 9.09. The maximum absolute atomic E-state index is 10.1. The van der Waals surface area contributed by atoms with Crippen molar-refractivity contribution < 1.29 is 15.1 Å². The van der Waals surface area contributed by atoms with E-state index in [9.17, 15) is 4.79 Å². The van der Waals surface area contributed by atoms with Gasteiger partial charge in [0.05, 0.1) is 0 Å². The van der Waals surface area contributed by atoms with E-state index in [0.29, 0.717) is 4.88 Å². The molecule has 1 aromatic heterocycles. The van der Waals surface area contributed by atoms with Crippen LogP contribution in [0.15, 0.2) is 17.5 Å². The Bertz CT molecular complexity index is 185. The van der Waals surface area contributed by atoms with Gasteiger partial charge in [-0.25, -0.2) is 10.7 Å². The molecule has 0 unspecified atom stereocenters. The summed E-state index contributed by atoms with van der Waals surface area (Å²) < 4.78 is 0. The Morgan fingerprint density at radius 1 is 1.60 bits per heavy atom. The zero-order valence-electron chi connectivity index (χ0n) is 5.02. The summed E-state index contributed by atoms with van der Waals surface area (Å²) in [6.07, 6.45) is 0. The van der Waals surface area contributed by atoms with Gasteiger partial charge in [-0.3, -0.25) is 0 Å². The van der Waals surface area contributed by atoms with Crippen LogP contribution in [-0.4, -0.2) is 16.3 Å². The van der Waals surface area contributed by atoms with Gasteiger partial charge in [-0.15, -0.1) is 11.3 Å². The number of hydrogen-bond acceptors (Lipinski definition) is 4. The van der Waals surface area contributed by atoms with Gasteiger partial charge in [0.2, 0.25) is 0 Å². The molecule has 0 aliphatic heterocycles. The molecular weight excluding hydrogens is 154 g/mol. The Morgan fingerprint density at radius 2 is 2.20 bits per heavy atom. The fourth-order valence-corrected chi connectivity index (χ4v) is 0.962. The minimum atomic E-state index is -0.847. The van der Waals surface area contributed by atoms with E-state index in [2.05, 4.69) is 5.90 Å². The van der Waals surface area contributed by atoms with Crippen LogP contribution in [-0.2, 0) is 0 Å². The van der Waals surface area contributed by atoms with Gasteiger partial charge >= 0.3 is 5.97 Å². The summed E-state index contributed by atoms with van der Waals surface area (Å²) in [4.78, 5) is 10.5. The summed E-state index contributed by atoms with van der Waals surface area (Å²) in [5.74, 6) is 2.65. The maximum atomic E-state index is 10.1. The lowest BCUT2D eigenvalue weighted by Gasteiger charge is -1.78. The number of hydrogen-bond donors (Lipinski definition) is 3. The highest BCUT2D eigenvalue weighted by atomic mass is 32.1. The lowest BCUT2D eigenvalue weighted by Crippen LogP contribution is -1.89. The van der Waals surface area contributed by atoms with E-state index in [0.717, 1.165) is 0 Å². The van der Waals surface area contributed by atoms with Gasteiger partial charge in [0, 0.05) is 0 Å². The second kappa shape index (κ2) is 4.92. The van der Waals surface area contributed by atoms with Crippen molar-refractivity contribution in [3.8, 4) is 0 Å². The summed E-state index contributed by atoms with van der Waals surface area (Å²) in [6, 6.07) is 3.29.